The maximum atomic E-state index is 13.9. The Balaban J connectivity index is 1.23. The number of nitrogens with one attached hydrogen (secondary N) is 3. The van der Waals surface area contributed by atoms with Crippen LogP contribution in [-0.2, 0) is 33.7 Å². The molecule has 0 bridgehead atoms. The van der Waals surface area contributed by atoms with Crippen LogP contribution in [0.5, 0.6) is 0 Å². The number of nitrogens with zero attached hydrogens (tertiary/aromatic N) is 2. The summed E-state index contributed by atoms with van der Waals surface area (Å²) in [4.78, 5) is 69.9. The minimum atomic E-state index is -0.998. The number of aryl methyl sites for hydroxylation is 2. The number of carboxylic acid groups (broad SMARTS) is 1. The van der Waals surface area contributed by atoms with Crippen LogP contribution in [0, 0.1) is 0 Å². The van der Waals surface area contributed by atoms with Crippen molar-refractivity contribution in [2.75, 3.05) is 37.9 Å². The number of esters is 1. The molecule has 0 saturated carbocycles. The molecule has 304 valence electrons. The third-order valence-corrected chi connectivity index (χ3v) is 10.4. The van der Waals surface area contributed by atoms with E-state index in [1.165, 1.54) is 7.11 Å². The molecule has 5 rings (SSSR count). The van der Waals surface area contributed by atoms with Crippen molar-refractivity contribution < 1.29 is 33.8 Å². The van der Waals surface area contributed by atoms with Gasteiger partial charge < -0.3 is 30.4 Å². The fourth-order valence-corrected chi connectivity index (χ4v) is 7.08. The number of rotatable bonds is 20. The number of anilines is 2. The summed E-state index contributed by atoms with van der Waals surface area (Å²) < 4.78 is 4.77. The summed E-state index contributed by atoms with van der Waals surface area (Å²) >= 11 is 0. The highest BCUT2D eigenvalue weighted by Crippen LogP contribution is 2.28. The number of para-hydroxylation sites is 1. The molecule has 4 N–H and O–H groups in total. The van der Waals surface area contributed by atoms with Crippen LogP contribution >= 0.6 is 0 Å². The molecule has 12 heteroatoms. The second-order valence-corrected chi connectivity index (χ2v) is 14.4. The van der Waals surface area contributed by atoms with E-state index in [9.17, 15) is 24.0 Å². The van der Waals surface area contributed by atoms with Crippen LogP contribution in [0.2, 0.25) is 0 Å². The van der Waals surface area contributed by atoms with Gasteiger partial charge in [0.1, 0.15) is 5.82 Å². The highest BCUT2D eigenvalue weighted by molar-refractivity contribution is 6.19. The van der Waals surface area contributed by atoms with Crippen molar-refractivity contribution >= 4 is 52.1 Å². The van der Waals surface area contributed by atoms with E-state index in [2.05, 4.69) is 34.4 Å². The number of carboxylic acids is 1. The first-order valence-electron chi connectivity index (χ1n) is 19.8. The van der Waals surface area contributed by atoms with Gasteiger partial charge in [-0.2, -0.15) is 0 Å². The molecule has 0 radical (unpaired) electrons. The molecule has 0 atom stereocenters. The second-order valence-electron chi connectivity index (χ2n) is 14.4. The molecule has 3 amide bonds. The van der Waals surface area contributed by atoms with Crippen LogP contribution in [0.15, 0.2) is 97.1 Å². The minimum absolute atomic E-state index is 0.0403. The van der Waals surface area contributed by atoms with Crippen molar-refractivity contribution in [2.45, 2.75) is 71.4 Å². The monoisotopic (exact) mass is 787 g/mol. The van der Waals surface area contributed by atoms with Gasteiger partial charge in [0, 0.05) is 61.3 Å². The Morgan fingerprint density at radius 2 is 1.41 bits per heavy atom. The number of aromatic amines is 1. The number of likely N-dealkylation sites (N-methyl/N-ethyl adjacent to an activating group) is 1. The summed E-state index contributed by atoms with van der Waals surface area (Å²) in [5, 5.41) is 15.6. The maximum Gasteiger partial charge on any atom is 0.337 e. The van der Waals surface area contributed by atoms with Crippen molar-refractivity contribution in [1.82, 2.24) is 14.8 Å². The smallest absolute Gasteiger partial charge is 0.337 e. The van der Waals surface area contributed by atoms with E-state index in [4.69, 9.17) is 9.84 Å². The Kier molecular flexibility index (Phi) is 15.3. The number of carbonyl (C=O) groups excluding carboxylic acids is 4. The summed E-state index contributed by atoms with van der Waals surface area (Å²) in [6.45, 7) is 5.83. The van der Waals surface area contributed by atoms with Gasteiger partial charge in [-0.25, -0.2) is 4.79 Å². The summed E-state index contributed by atoms with van der Waals surface area (Å²) in [7, 11) is 3.06. The highest BCUT2D eigenvalue weighted by Gasteiger charge is 2.22. The van der Waals surface area contributed by atoms with E-state index >= 15 is 0 Å². The fraction of sp³-hybridized carbons (Fsp3) is 0.326. The van der Waals surface area contributed by atoms with E-state index in [0.717, 1.165) is 48.8 Å². The van der Waals surface area contributed by atoms with Crippen molar-refractivity contribution in [3.63, 3.8) is 0 Å². The van der Waals surface area contributed by atoms with Crippen LogP contribution in [0.25, 0.3) is 10.9 Å². The van der Waals surface area contributed by atoms with Crippen molar-refractivity contribution in [3.8, 4) is 0 Å². The topological polar surface area (TPSA) is 161 Å². The molecule has 12 nitrogen and oxygen atoms in total. The summed E-state index contributed by atoms with van der Waals surface area (Å²) in [5.74, 6) is -2.00. The largest absolute Gasteiger partial charge is 0.481 e. The van der Waals surface area contributed by atoms with Gasteiger partial charge in [0.15, 0.2) is 0 Å². The molecule has 1 aromatic heterocycles. The molecular weight excluding hydrogens is 735 g/mol. The summed E-state index contributed by atoms with van der Waals surface area (Å²) in [6.07, 6.45) is 4.18. The summed E-state index contributed by atoms with van der Waals surface area (Å²) in [5.41, 5.74) is 5.80. The third kappa shape index (κ3) is 11.6. The number of hydrogen-bond acceptors (Lipinski definition) is 7. The van der Waals surface area contributed by atoms with Crippen molar-refractivity contribution in [3.05, 3.63) is 130 Å². The number of H-pyrrole nitrogens is 1. The Hall–Kier alpha value is -6.27. The van der Waals surface area contributed by atoms with E-state index in [1.54, 1.807) is 30.1 Å². The molecule has 1 heterocycles. The highest BCUT2D eigenvalue weighted by atomic mass is 16.5. The first-order chi connectivity index (χ1) is 28.0. The van der Waals surface area contributed by atoms with Crippen molar-refractivity contribution in [2.24, 2.45) is 0 Å². The van der Waals surface area contributed by atoms with Crippen molar-refractivity contribution in [1.29, 1.82) is 0 Å². The molecule has 0 aliphatic carbocycles. The zero-order valence-electron chi connectivity index (χ0n) is 33.7. The molecule has 5 aromatic rings. The minimum Gasteiger partial charge on any atom is -0.481 e. The number of carbonyl (C=O) groups is 5. The van der Waals surface area contributed by atoms with Crippen LogP contribution in [-0.4, -0.2) is 82.8 Å². The lowest BCUT2D eigenvalue weighted by atomic mass is 10.0. The van der Waals surface area contributed by atoms with Gasteiger partial charge in [-0.05, 0) is 91.3 Å². The van der Waals surface area contributed by atoms with E-state index in [1.807, 2.05) is 78.9 Å². The van der Waals surface area contributed by atoms with E-state index in [0.29, 0.717) is 58.7 Å². The lowest BCUT2D eigenvalue weighted by molar-refractivity contribution is -0.140. The van der Waals surface area contributed by atoms with Crippen LogP contribution in [0.4, 0.5) is 11.5 Å². The molecule has 0 aliphatic rings. The quantitative estimate of drug-likeness (QED) is 0.0579. The molecule has 0 unspecified atom stereocenters. The van der Waals surface area contributed by atoms with Crippen LogP contribution < -0.4 is 10.6 Å². The number of methoxy groups -OCH3 is 1. The maximum absolute atomic E-state index is 13.9. The first-order valence-corrected chi connectivity index (χ1v) is 19.8. The predicted molar refractivity (Wildman–Crippen MR) is 226 cm³/mol. The SMILES string of the molecule is CCC(CC)N(CCN(C)C(=O)CCC(=O)O)Cc1cccc(C(=O)Nc2[nH]c3ccccc3c2C(=O)Nc2ccc(CCCc3ccc(C(=O)OC)cc3)cc2)c1. The standard InChI is InChI=1S/C46H53N5O7/c1-5-37(6-2)51(28-27-50(3)40(52)25-26-41(53)54)30-33-13-10-14-35(29-33)44(55)49-43-42(38-15-7-8-16-39(38)48-43)45(56)47-36-23-19-32(20-24-36)12-9-11-31-17-21-34(22-18-31)46(57)58-4/h7-8,10,13-24,29,37,48H,5-6,9,11-12,25-28,30H2,1-4H3,(H,47,56)(H,49,55)(H,53,54). The zero-order valence-corrected chi connectivity index (χ0v) is 33.7. The van der Waals surface area contributed by atoms with Gasteiger partial charge in [-0.1, -0.05) is 68.4 Å². The third-order valence-electron chi connectivity index (χ3n) is 10.4. The Bertz CT molecular complexity index is 2190. The normalized spacial score (nSPS) is 11.1. The lowest BCUT2D eigenvalue weighted by Crippen LogP contribution is -2.41. The Morgan fingerprint density at radius 3 is 2.07 bits per heavy atom. The summed E-state index contributed by atoms with van der Waals surface area (Å²) in [6, 6.07) is 30.2. The Labute approximate surface area is 339 Å². The first kappa shape index (κ1) is 42.9. The Morgan fingerprint density at radius 1 is 0.741 bits per heavy atom. The van der Waals surface area contributed by atoms with E-state index < -0.39 is 5.97 Å². The number of fused-ring (bicyclic) bond motifs is 1. The molecule has 0 spiro atoms. The molecule has 0 saturated heterocycles. The zero-order chi connectivity index (χ0) is 41.6. The van der Waals surface area contributed by atoms with Gasteiger partial charge in [-0.3, -0.25) is 24.1 Å². The number of hydrogen-bond donors (Lipinski definition) is 4. The number of ether oxygens (including phenoxy) is 1. The van der Waals surface area contributed by atoms with Gasteiger partial charge in [0.2, 0.25) is 5.91 Å². The van der Waals surface area contributed by atoms with Crippen LogP contribution in [0.1, 0.15) is 93.7 Å². The average Bonchev–Trinajstić information content (AvgIpc) is 3.60. The number of aliphatic carboxylic acids is 1. The van der Waals surface area contributed by atoms with Crippen LogP contribution in [0.3, 0.4) is 0 Å². The fourth-order valence-electron chi connectivity index (χ4n) is 7.08. The van der Waals surface area contributed by atoms with Gasteiger partial charge >= 0.3 is 11.9 Å². The molecule has 58 heavy (non-hydrogen) atoms. The molecule has 4 aromatic carbocycles. The molecular formula is C46H53N5O7. The van der Waals surface area contributed by atoms with Gasteiger partial charge in [0.05, 0.1) is 24.7 Å². The van der Waals surface area contributed by atoms with Gasteiger partial charge in [-0.15, -0.1) is 0 Å². The number of benzene rings is 4. The number of amides is 3. The molecule has 0 fully saturated rings. The second kappa shape index (κ2) is 20.8. The predicted octanol–water partition coefficient (Wildman–Crippen LogP) is 7.95. The van der Waals surface area contributed by atoms with Gasteiger partial charge in [0.25, 0.3) is 11.8 Å². The van der Waals surface area contributed by atoms with E-state index in [-0.39, 0.29) is 42.6 Å². The average molecular weight is 788 g/mol. The molecule has 0 aliphatic heterocycles. The number of aromatic nitrogens is 1. The lowest BCUT2D eigenvalue weighted by Gasteiger charge is -2.32.